The van der Waals surface area contributed by atoms with E-state index in [-0.39, 0.29) is 11.3 Å². The second-order valence-electron chi connectivity index (χ2n) is 6.64. The molecule has 1 aliphatic rings. The van der Waals surface area contributed by atoms with Crippen molar-refractivity contribution in [2.45, 2.75) is 26.0 Å². The molecule has 0 spiro atoms. The van der Waals surface area contributed by atoms with E-state index in [0.717, 1.165) is 10.5 Å². The Kier molecular flexibility index (Phi) is 5.13. The molecule has 0 bridgehead atoms. The number of carbonyl (C=O) groups excluding carboxylic acids is 3. The summed E-state index contributed by atoms with van der Waals surface area (Å²) < 4.78 is 28.6. The van der Waals surface area contributed by atoms with Gasteiger partial charge in [0, 0.05) is 5.56 Å². The number of hydrogen-bond donors (Lipinski definition) is 1. The molecule has 0 aromatic heterocycles. The summed E-state index contributed by atoms with van der Waals surface area (Å²) in [6.45, 7) is 0.0657. The number of benzene rings is 2. The van der Waals surface area contributed by atoms with Gasteiger partial charge in [-0.25, -0.2) is 4.79 Å². The van der Waals surface area contributed by atoms with Crippen molar-refractivity contribution in [3.63, 3.8) is 0 Å². The first-order valence-corrected chi connectivity index (χ1v) is 8.50. The predicted octanol–water partition coefficient (Wildman–Crippen LogP) is 3.25. The summed E-state index contributed by atoms with van der Waals surface area (Å²) >= 11 is 0. The highest BCUT2D eigenvalue weighted by Crippen LogP contribution is 2.29. The van der Waals surface area contributed by atoms with Crippen molar-refractivity contribution in [1.29, 1.82) is 0 Å². The van der Waals surface area contributed by atoms with Crippen LogP contribution in [-0.4, -0.2) is 35.8 Å². The number of carbonyl (C=O) groups is 3. The van der Waals surface area contributed by atoms with E-state index in [0.29, 0.717) is 5.56 Å². The van der Waals surface area contributed by atoms with Gasteiger partial charge in [0.25, 0.3) is 5.91 Å². The molecule has 1 N–H and O–H groups in total. The highest BCUT2D eigenvalue weighted by atomic mass is 19.3. The molecule has 1 aliphatic heterocycles. The van der Waals surface area contributed by atoms with Crippen LogP contribution in [0.3, 0.4) is 0 Å². The molecule has 1 unspecified atom stereocenters. The fourth-order valence-corrected chi connectivity index (χ4v) is 2.98. The standard InChI is InChI=1S/C20H18F2N2O4/c1-12-3-7-14(8-4-12)20(2)17(26)24(19(27)23-20)11-16(25)13-5-9-15(10-6-13)28-18(21)22/h3-10,18H,11H2,1-2H3,(H,23,27). The van der Waals surface area contributed by atoms with Crippen LogP contribution in [0.5, 0.6) is 5.75 Å². The third-order valence-corrected chi connectivity index (χ3v) is 4.61. The maximum atomic E-state index is 12.9. The maximum absolute atomic E-state index is 12.9. The summed E-state index contributed by atoms with van der Waals surface area (Å²) in [6, 6.07) is 11.5. The Labute approximate surface area is 160 Å². The summed E-state index contributed by atoms with van der Waals surface area (Å²) in [5.41, 5.74) is 0.529. The summed E-state index contributed by atoms with van der Waals surface area (Å²) in [5.74, 6) is -1.12. The van der Waals surface area contributed by atoms with Crippen LogP contribution in [0, 0.1) is 6.92 Å². The first kappa shape index (κ1) is 19.5. The molecular weight excluding hydrogens is 370 g/mol. The van der Waals surface area contributed by atoms with Crippen molar-refractivity contribution < 1.29 is 27.9 Å². The van der Waals surface area contributed by atoms with Crippen LogP contribution in [0.4, 0.5) is 13.6 Å². The minimum Gasteiger partial charge on any atom is -0.435 e. The zero-order valence-corrected chi connectivity index (χ0v) is 15.2. The lowest BCUT2D eigenvalue weighted by Gasteiger charge is -2.22. The lowest BCUT2D eigenvalue weighted by molar-refractivity contribution is -0.130. The topological polar surface area (TPSA) is 75.7 Å². The van der Waals surface area contributed by atoms with E-state index < -0.39 is 36.4 Å². The van der Waals surface area contributed by atoms with E-state index in [2.05, 4.69) is 10.1 Å². The second kappa shape index (κ2) is 7.38. The van der Waals surface area contributed by atoms with Gasteiger partial charge in [0.05, 0.1) is 6.54 Å². The number of alkyl halides is 2. The minimum absolute atomic E-state index is 0.0894. The first-order valence-electron chi connectivity index (χ1n) is 8.50. The number of aryl methyl sites for hydroxylation is 1. The SMILES string of the molecule is Cc1ccc(C2(C)NC(=O)N(CC(=O)c3ccc(OC(F)F)cc3)C2=O)cc1. The average molecular weight is 388 g/mol. The third kappa shape index (κ3) is 3.71. The Morgan fingerprint density at radius 3 is 2.29 bits per heavy atom. The molecule has 0 saturated carbocycles. The molecule has 0 radical (unpaired) electrons. The van der Waals surface area contributed by atoms with Gasteiger partial charge < -0.3 is 10.1 Å². The molecule has 0 aliphatic carbocycles. The monoisotopic (exact) mass is 388 g/mol. The Hall–Kier alpha value is -3.29. The van der Waals surface area contributed by atoms with Gasteiger partial charge in [-0.2, -0.15) is 8.78 Å². The van der Waals surface area contributed by atoms with E-state index in [4.69, 9.17) is 0 Å². The number of halogens is 2. The molecule has 3 rings (SSSR count). The van der Waals surface area contributed by atoms with Gasteiger partial charge in [-0.15, -0.1) is 0 Å². The van der Waals surface area contributed by atoms with Gasteiger partial charge in [-0.3, -0.25) is 14.5 Å². The number of imide groups is 1. The molecule has 3 amide bonds. The van der Waals surface area contributed by atoms with Crippen LogP contribution in [-0.2, 0) is 10.3 Å². The van der Waals surface area contributed by atoms with Crippen LogP contribution >= 0.6 is 0 Å². The molecule has 2 aromatic carbocycles. The van der Waals surface area contributed by atoms with Crippen LogP contribution in [0.15, 0.2) is 48.5 Å². The van der Waals surface area contributed by atoms with Crippen molar-refractivity contribution in [2.24, 2.45) is 0 Å². The number of Topliss-reactive ketones (excluding diaryl/α,β-unsaturated/α-hetero) is 1. The summed E-state index contributed by atoms with van der Waals surface area (Å²) in [6.07, 6.45) is 0. The second-order valence-corrected chi connectivity index (χ2v) is 6.64. The number of ketones is 1. The number of ether oxygens (including phenoxy) is 1. The Morgan fingerprint density at radius 2 is 1.71 bits per heavy atom. The molecular formula is C20H18F2N2O4. The van der Waals surface area contributed by atoms with Gasteiger partial charge in [-0.05, 0) is 43.7 Å². The zero-order chi connectivity index (χ0) is 20.5. The average Bonchev–Trinajstić information content (AvgIpc) is 2.86. The largest absolute Gasteiger partial charge is 0.435 e. The molecule has 146 valence electrons. The summed E-state index contributed by atoms with van der Waals surface area (Å²) in [7, 11) is 0. The van der Waals surface area contributed by atoms with E-state index in [1.807, 2.05) is 19.1 Å². The maximum Gasteiger partial charge on any atom is 0.387 e. The van der Waals surface area contributed by atoms with Crippen molar-refractivity contribution in [1.82, 2.24) is 10.2 Å². The summed E-state index contributed by atoms with van der Waals surface area (Å²) in [4.78, 5) is 38.5. The molecule has 1 fully saturated rings. The van der Waals surface area contributed by atoms with Gasteiger partial charge in [0.15, 0.2) is 5.78 Å². The van der Waals surface area contributed by atoms with Crippen molar-refractivity contribution in [3.05, 3.63) is 65.2 Å². The van der Waals surface area contributed by atoms with Crippen LogP contribution < -0.4 is 10.1 Å². The van der Waals surface area contributed by atoms with Crippen molar-refractivity contribution in [3.8, 4) is 5.75 Å². The number of amides is 3. The van der Waals surface area contributed by atoms with E-state index >= 15 is 0 Å². The molecule has 1 heterocycles. The molecule has 1 saturated heterocycles. The van der Waals surface area contributed by atoms with Crippen molar-refractivity contribution in [2.75, 3.05) is 6.54 Å². The van der Waals surface area contributed by atoms with Crippen LogP contribution in [0.25, 0.3) is 0 Å². The summed E-state index contributed by atoms with van der Waals surface area (Å²) in [5, 5.41) is 2.64. The number of urea groups is 1. The van der Waals surface area contributed by atoms with Crippen LogP contribution in [0.2, 0.25) is 0 Å². The third-order valence-electron chi connectivity index (χ3n) is 4.61. The van der Waals surface area contributed by atoms with Gasteiger partial charge >= 0.3 is 12.6 Å². The molecule has 2 aromatic rings. The predicted molar refractivity (Wildman–Crippen MR) is 96.2 cm³/mol. The highest BCUT2D eigenvalue weighted by Gasteiger charge is 2.49. The Bertz CT molecular complexity index is 913. The lowest BCUT2D eigenvalue weighted by Crippen LogP contribution is -2.41. The number of nitrogens with zero attached hydrogens (tertiary/aromatic N) is 1. The normalized spacial score (nSPS) is 19.1. The van der Waals surface area contributed by atoms with Gasteiger partial charge in [0.2, 0.25) is 0 Å². The lowest BCUT2D eigenvalue weighted by atomic mass is 9.91. The van der Waals surface area contributed by atoms with E-state index in [1.165, 1.54) is 24.3 Å². The van der Waals surface area contributed by atoms with Gasteiger partial charge in [-0.1, -0.05) is 29.8 Å². The fraction of sp³-hybridized carbons (Fsp3) is 0.250. The molecule has 8 heteroatoms. The highest BCUT2D eigenvalue weighted by molar-refractivity contribution is 6.11. The molecule has 28 heavy (non-hydrogen) atoms. The first-order chi connectivity index (χ1) is 13.2. The smallest absolute Gasteiger partial charge is 0.387 e. The van der Waals surface area contributed by atoms with Crippen molar-refractivity contribution >= 4 is 17.7 Å². The zero-order valence-electron chi connectivity index (χ0n) is 15.2. The number of rotatable bonds is 6. The van der Waals surface area contributed by atoms with Gasteiger partial charge in [0.1, 0.15) is 11.3 Å². The fourth-order valence-electron chi connectivity index (χ4n) is 2.98. The van der Waals surface area contributed by atoms with E-state index in [1.54, 1.807) is 19.1 Å². The minimum atomic E-state index is -2.97. The van der Waals surface area contributed by atoms with E-state index in [9.17, 15) is 23.2 Å². The number of nitrogens with one attached hydrogen (secondary N) is 1. The number of hydrogen-bond acceptors (Lipinski definition) is 4. The Morgan fingerprint density at radius 1 is 1.11 bits per heavy atom. The van der Waals surface area contributed by atoms with Crippen LogP contribution in [0.1, 0.15) is 28.4 Å². The quantitative estimate of drug-likeness (QED) is 0.609. The Balaban J connectivity index is 1.75. The molecule has 6 nitrogen and oxygen atoms in total. The molecule has 1 atom stereocenters.